The second-order valence-electron chi connectivity index (χ2n) is 4.13. The largest absolute Gasteiger partial charge is 0.507 e. The van der Waals surface area contributed by atoms with E-state index in [0.717, 1.165) is 5.56 Å². The first-order valence-electron chi connectivity index (χ1n) is 5.69. The van der Waals surface area contributed by atoms with Crippen molar-refractivity contribution in [3.05, 3.63) is 29.3 Å². The molecule has 1 aromatic carbocycles. The molecule has 5 nitrogen and oxygen atoms in total. The first-order chi connectivity index (χ1) is 8.35. The van der Waals surface area contributed by atoms with Crippen molar-refractivity contribution in [3.63, 3.8) is 0 Å². The summed E-state index contributed by atoms with van der Waals surface area (Å²) in [6, 6.07) is 5.08. The number of phenolic OH excluding ortho intramolecular Hbond substituents is 1. The predicted octanol–water partition coefficient (Wildman–Crippen LogP) is 1.75. The average molecular weight is 270 g/mol. The molecule has 0 aliphatic rings. The fourth-order valence-electron chi connectivity index (χ4n) is 1.45. The molecule has 0 fully saturated rings. The number of hydrogen-bond acceptors (Lipinski definition) is 4. The number of sulfonamides is 1. The minimum Gasteiger partial charge on any atom is -0.507 e. The van der Waals surface area contributed by atoms with E-state index in [0.29, 0.717) is 17.7 Å². The summed E-state index contributed by atoms with van der Waals surface area (Å²) >= 11 is 0. The highest BCUT2D eigenvalue weighted by atomic mass is 32.2. The first kappa shape index (κ1) is 14.5. The van der Waals surface area contributed by atoms with Gasteiger partial charge in [0.15, 0.2) is 0 Å². The summed E-state index contributed by atoms with van der Waals surface area (Å²) in [5, 5.41) is 13.5. The number of aryl methyl sites for hydroxylation is 1. The number of hydrazone groups is 1. The molecule has 0 bridgehead atoms. The Balaban J connectivity index is 2.93. The van der Waals surface area contributed by atoms with Crippen molar-refractivity contribution in [1.29, 1.82) is 0 Å². The SMILES string of the molecule is CCCS(=O)(=O)N/N=C(\C)c1cc(C)ccc1O. The minimum atomic E-state index is -3.38. The molecule has 0 aliphatic heterocycles. The van der Waals surface area contributed by atoms with Gasteiger partial charge in [0.05, 0.1) is 11.5 Å². The van der Waals surface area contributed by atoms with E-state index in [1.54, 1.807) is 32.0 Å². The number of benzene rings is 1. The van der Waals surface area contributed by atoms with E-state index in [1.807, 2.05) is 6.92 Å². The average Bonchev–Trinajstić information content (AvgIpc) is 2.29. The second-order valence-corrected chi connectivity index (χ2v) is 5.95. The van der Waals surface area contributed by atoms with E-state index in [9.17, 15) is 13.5 Å². The standard InChI is InChI=1S/C12H18N2O3S/c1-4-7-18(16,17)14-13-10(3)11-8-9(2)5-6-12(11)15/h5-6,8,14-15H,4,7H2,1-3H3/b13-10+. The van der Waals surface area contributed by atoms with Gasteiger partial charge in [0.1, 0.15) is 5.75 Å². The van der Waals surface area contributed by atoms with Crippen LogP contribution >= 0.6 is 0 Å². The summed E-state index contributed by atoms with van der Waals surface area (Å²) < 4.78 is 22.9. The zero-order valence-corrected chi connectivity index (χ0v) is 11.6. The summed E-state index contributed by atoms with van der Waals surface area (Å²) in [4.78, 5) is 2.15. The van der Waals surface area contributed by atoms with Crippen LogP contribution in [0.2, 0.25) is 0 Å². The molecule has 100 valence electrons. The fourth-order valence-corrected chi connectivity index (χ4v) is 2.36. The molecule has 0 spiro atoms. The van der Waals surface area contributed by atoms with Crippen LogP contribution in [0.3, 0.4) is 0 Å². The Hall–Kier alpha value is -1.56. The van der Waals surface area contributed by atoms with E-state index >= 15 is 0 Å². The van der Waals surface area contributed by atoms with Crippen molar-refractivity contribution < 1.29 is 13.5 Å². The highest BCUT2D eigenvalue weighted by Crippen LogP contribution is 2.18. The van der Waals surface area contributed by atoms with Crippen LogP contribution in [0, 0.1) is 6.92 Å². The van der Waals surface area contributed by atoms with Crippen LogP contribution in [0.15, 0.2) is 23.3 Å². The van der Waals surface area contributed by atoms with Crippen LogP contribution in [0.25, 0.3) is 0 Å². The van der Waals surface area contributed by atoms with Crippen LogP contribution in [-0.4, -0.2) is 25.0 Å². The Morgan fingerprint density at radius 1 is 1.44 bits per heavy atom. The third-order valence-corrected chi connectivity index (χ3v) is 3.68. The first-order valence-corrected chi connectivity index (χ1v) is 7.34. The summed E-state index contributed by atoms with van der Waals surface area (Å²) in [6.07, 6.45) is 0.527. The fraction of sp³-hybridized carbons (Fsp3) is 0.417. The monoisotopic (exact) mass is 270 g/mol. The molecule has 1 aromatic rings. The normalized spacial score (nSPS) is 12.5. The molecule has 0 aromatic heterocycles. The maximum Gasteiger partial charge on any atom is 0.247 e. The van der Waals surface area contributed by atoms with Crippen molar-refractivity contribution in [3.8, 4) is 5.75 Å². The molecule has 0 atom stereocenters. The number of aromatic hydroxyl groups is 1. The summed E-state index contributed by atoms with van der Waals surface area (Å²) in [6.45, 7) is 5.31. The molecule has 0 saturated heterocycles. The minimum absolute atomic E-state index is 0.0313. The summed E-state index contributed by atoms with van der Waals surface area (Å²) in [5.41, 5.74) is 1.92. The van der Waals surface area contributed by atoms with Crippen LogP contribution in [-0.2, 0) is 10.0 Å². The van der Waals surface area contributed by atoms with Crippen molar-refractivity contribution in [2.45, 2.75) is 27.2 Å². The molecular weight excluding hydrogens is 252 g/mol. The molecule has 0 aliphatic carbocycles. The quantitative estimate of drug-likeness (QED) is 0.632. The Kier molecular flexibility index (Phi) is 4.72. The molecule has 0 unspecified atom stereocenters. The zero-order chi connectivity index (χ0) is 13.8. The molecule has 0 saturated carbocycles. The van der Waals surface area contributed by atoms with Gasteiger partial charge in [0, 0.05) is 5.56 Å². The van der Waals surface area contributed by atoms with Gasteiger partial charge in [-0.1, -0.05) is 18.6 Å². The van der Waals surface area contributed by atoms with Crippen LogP contribution in [0.1, 0.15) is 31.4 Å². The van der Waals surface area contributed by atoms with Crippen molar-refractivity contribution in [2.75, 3.05) is 5.75 Å². The Morgan fingerprint density at radius 2 is 2.11 bits per heavy atom. The molecule has 6 heteroatoms. The van der Waals surface area contributed by atoms with E-state index in [4.69, 9.17) is 0 Å². The molecule has 0 heterocycles. The van der Waals surface area contributed by atoms with Crippen LogP contribution in [0.5, 0.6) is 5.75 Å². The maximum atomic E-state index is 11.4. The van der Waals surface area contributed by atoms with Crippen molar-refractivity contribution in [2.24, 2.45) is 5.10 Å². The van der Waals surface area contributed by atoms with E-state index in [1.165, 1.54) is 0 Å². The molecule has 0 radical (unpaired) electrons. The van der Waals surface area contributed by atoms with Gasteiger partial charge in [-0.15, -0.1) is 0 Å². The van der Waals surface area contributed by atoms with E-state index < -0.39 is 10.0 Å². The Bertz CT molecular complexity index is 550. The van der Waals surface area contributed by atoms with Crippen LogP contribution < -0.4 is 4.83 Å². The van der Waals surface area contributed by atoms with Gasteiger partial charge >= 0.3 is 0 Å². The van der Waals surface area contributed by atoms with Gasteiger partial charge in [-0.25, -0.2) is 13.2 Å². The van der Waals surface area contributed by atoms with Gasteiger partial charge < -0.3 is 5.11 Å². The van der Waals surface area contributed by atoms with Gasteiger partial charge in [-0.2, -0.15) is 5.10 Å². The molecular formula is C12H18N2O3S. The second kappa shape index (κ2) is 5.86. The summed E-state index contributed by atoms with van der Waals surface area (Å²) in [5.74, 6) is 0.111. The lowest BCUT2D eigenvalue weighted by atomic mass is 10.1. The Morgan fingerprint density at radius 3 is 2.72 bits per heavy atom. The molecule has 0 amide bonds. The third-order valence-electron chi connectivity index (χ3n) is 2.37. The molecule has 1 rings (SSSR count). The number of rotatable bonds is 5. The van der Waals surface area contributed by atoms with E-state index in [-0.39, 0.29) is 11.5 Å². The van der Waals surface area contributed by atoms with Crippen molar-refractivity contribution >= 4 is 15.7 Å². The third kappa shape index (κ3) is 4.03. The lowest BCUT2D eigenvalue weighted by Crippen LogP contribution is -2.22. The van der Waals surface area contributed by atoms with Gasteiger partial charge in [-0.05, 0) is 32.4 Å². The Labute approximate surface area is 108 Å². The topological polar surface area (TPSA) is 78.8 Å². The maximum absolute atomic E-state index is 11.4. The lowest BCUT2D eigenvalue weighted by molar-refractivity contribution is 0.474. The smallest absolute Gasteiger partial charge is 0.247 e. The van der Waals surface area contributed by atoms with Gasteiger partial charge in [0.2, 0.25) is 10.0 Å². The molecule has 2 N–H and O–H groups in total. The lowest BCUT2D eigenvalue weighted by Gasteiger charge is -2.06. The number of phenols is 1. The summed E-state index contributed by atoms with van der Waals surface area (Å²) in [7, 11) is -3.38. The zero-order valence-electron chi connectivity index (χ0n) is 10.8. The predicted molar refractivity (Wildman–Crippen MR) is 72.3 cm³/mol. The number of nitrogens with zero attached hydrogens (tertiary/aromatic N) is 1. The van der Waals surface area contributed by atoms with E-state index in [2.05, 4.69) is 9.93 Å². The number of hydrogen-bond donors (Lipinski definition) is 2. The number of nitrogens with one attached hydrogen (secondary N) is 1. The van der Waals surface area contributed by atoms with Crippen molar-refractivity contribution in [1.82, 2.24) is 4.83 Å². The molecule has 18 heavy (non-hydrogen) atoms. The highest BCUT2D eigenvalue weighted by molar-refractivity contribution is 7.89. The van der Waals surface area contributed by atoms with Gasteiger partial charge in [0.25, 0.3) is 0 Å². The highest BCUT2D eigenvalue weighted by Gasteiger charge is 2.09. The van der Waals surface area contributed by atoms with Crippen LogP contribution in [0.4, 0.5) is 0 Å². The van der Waals surface area contributed by atoms with Gasteiger partial charge in [-0.3, -0.25) is 0 Å².